The van der Waals surface area contributed by atoms with Gasteiger partial charge in [0.25, 0.3) is 0 Å². The highest BCUT2D eigenvalue weighted by atomic mass is 14.9. The summed E-state index contributed by atoms with van der Waals surface area (Å²) in [5, 5.41) is 12.1. The summed E-state index contributed by atoms with van der Waals surface area (Å²) in [7, 11) is 0. The number of hydrogen-bond acceptors (Lipinski definition) is 2. The first kappa shape index (κ1) is 12.5. The molecule has 2 heteroatoms. The second-order valence-electron chi connectivity index (χ2n) is 5.58. The average molecular weight is 208 g/mol. The maximum Gasteiger partial charge on any atom is 0.0621 e. The van der Waals surface area contributed by atoms with Gasteiger partial charge in [0, 0.05) is 13.0 Å². The van der Waals surface area contributed by atoms with Gasteiger partial charge < -0.3 is 5.32 Å². The van der Waals surface area contributed by atoms with Gasteiger partial charge in [-0.25, -0.2) is 0 Å². The molecule has 1 rings (SSSR count). The zero-order valence-electron chi connectivity index (χ0n) is 10.2. The molecule has 0 aromatic heterocycles. The van der Waals surface area contributed by atoms with E-state index < -0.39 is 0 Å². The second kappa shape index (κ2) is 6.12. The standard InChI is InChI=1S/C13H24N2/c1-13(2,8-4-9-14)11-15-10-7-12-5-3-6-12/h12,15H,3-8,10-11H2,1-2H3. The monoisotopic (exact) mass is 208 g/mol. The molecule has 0 unspecified atom stereocenters. The Labute approximate surface area is 94.1 Å². The molecule has 0 heterocycles. The number of hydrogen-bond donors (Lipinski definition) is 1. The van der Waals surface area contributed by atoms with E-state index in [9.17, 15) is 0 Å². The van der Waals surface area contributed by atoms with Gasteiger partial charge in [-0.1, -0.05) is 33.1 Å². The Kier molecular flexibility index (Phi) is 5.11. The predicted octanol–water partition coefficient (Wildman–Crippen LogP) is 3.10. The van der Waals surface area contributed by atoms with Crippen molar-refractivity contribution in [2.24, 2.45) is 11.3 Å². The third-order valence-electron chi connectivity index (χ3n) is 3.47. The Bertz CT molecular complexity index is 211. The van der Waals surface area contributed by atoms with E-state index in [-0.39, 0.29) is 5.41 Å². The van der Waals surface area contributed by atoms with Crippen LogP contribution in [-0.2, 0) is 0 Å². The highest BCUT2D eigenvalue weighted by Crippen LogP contribution is 2.28. The largest absolute Gasteiger partial charge is 0.316 e. The summed E-state index contributed by atoms with van der Waals surface area (Å²) in [6, 6.07) is 2.22. The van der Waals surface area contributed by atoms with Crippen molar-refractivity contribution < 1.29 is 0 Å². The van der Waals surface area contributed by atoms with Gasteiger partial charge in [0.15, 0.2) is 0 Å². The molecule has 15 heavy (non-hydrogen) atoms. The van der Waals surface area contributed by atoms with Crippen LogP contribution in [0.5, 0.6) is 0 Å². The lowest BCUT2D eigenvalue weighted by Gasteiger charge is -2.27. The van der Waals surface area contributed by atoms with E-state index in [1.807, 2.05) is 0 Å². The van der Waals surface area contributed by atoms with Crippen LogP contribution >= 0.6 is 0 Å². The molecule has 0 spiro atoms. The van der Waals surface area contributed by atoms with Gasteiger partial charge in [0.1, 0.15) is 0 Å². The fraction of sp³-hybridized carbons (Fsp3) is 0.923. The smallest absolute Gasteiger partial charge is 0.0621 e. The van der Waals surface area contributed by atoms with Crippen LogP contribution in [0.15, 0.2) is 0 Å². The van der Waals surface area contributed by atoms with E-state index in [4.69, 9.17) is 5.26 Å². The van der Waals surface area contributed by atoms with Crippen molar-refractivity contribution in [2.45, 2.75) is 52.4 Å². The van der Waals surface area contributed by atoms with Crippen LogP contribution in [0.1, 0.15) is 52.4 Å². The predicted molar refractivity (Wildman–Crippen MR) is 63.5 cm³/mol. The average Bonchev–Trinajstić information content (AvgIpc) is 2.11. The molecule has 2 nitrogen and oxygen atoms in total. The maximum atomic E-state index is 8.54. The Hall–Kier alpha value is -0.550. The molecule has 0 aromatic rings. The minimum atomic E-state index is 0.273. The molecule has 0 atom stereocenters. The van der Waals surface area contributed by atoms with Crippen molar-refractivity contribution in [2.75, 3.05) is 13.1 Å². The lowest BCUT2D eigenvalue weighted by molar-refractivity contribution is 0.273. The van der Waals surface area contributed by atoms with Gasteiger partial charge >= 0.3 is 0 Å². The molecule has 1 aliphatic rings. The Morgan fingerprint density at radius 3 is 2.67 bits per heavy atom. The van der Waals surface area contributed by atoms with Crippen LogP contribution in [0, 0.1) is 22.7 Å². The summed E-state index contributed by atoms with van der Waals surface area (Å²) >= 11 is 0. The molecule has 86 valence electrons. The van der Waals surface area contributed by atoms with Crippen LogP contribution in [0.2, 0.25) is 0 Å². The lowest BCUT2D eigenvalue weighted by Crippen LogP contribution is -2.31. The SMILES string of the molecule is CC(C)(CCC#N)CNCCC1CCC1. The fourth-order valence-electron chi connectivity index (χ4n) is 2.00. The van der Waals surface area contributed by atoms with Crippen LogP contribution in [-0.4, -0.2) is 13.1 Å². The van der Waals surface area contributed by atoms with Crippen LogP contribution in [0.25, 0.3) is 0 Å². The van der Waals surface area contributed by atoms with Gasteiger partial charge in [-0.05, 0) is 30.7 Å². The Balaban J connectivity index is 1.99. The first-order chi connectivity index (χ1) is 7.14. The number of nitriles is 1. The highest BCUT2D eigenvalue weighted by molar-refractivity contribution is 4.79. The molecule has 0 amide bonds. The lowest BCUT2D eigenvalue weighted by atomic mass is 9.83. The van der Waals surface area contributed by atoms with Crippen molar-refractivity contribution in [3.8, 4) is 6.07 Å². The molecule has 1 fully saturated rings. The Morgan fingerprint density at radius 1 is 1.40 bits per heavy atom. The van der Waals surface area contributed by atoms with Crippen LogP contribution < -0.4 is 5.32 Å². The van der Waals surface area contributed by atoms with Crippen molar-refractivity contribution in [1.82, 2.24) is 5.32 Å². The molecule has 1 aliphatic carbocycles. The van der Waals surface area contributed by atoms with Gasteiger partial charge in [-0.3, -0.25) is 0 Å². The quantitative estimate of drug-likeness (QED) is 0.653. The van der Waals surface area contributed by atoms with Crippen molar-refractivity contribution >= 4 is 0 Å². The van der Waals surface area contributed by atoms with Gasteiger partial charge in [0.2, 0.25) is 0 Å². The number of nitrogens with one attached hydrogen (secondary N) is 1. The second-order valence-corrected chi connectivity index (χ2v) is 5.58. The van der Waals surface area contributed by atoms with Crippen LogP contribution in [0.4, 0.5) is 0 Å². The van der Waals surface area contributed by atoms with E-state index in [0.717, 1.165) is 25.4 Å². The fourth-order valence-corrected chi connectivity index (χ4v) is 2.00. The summed E-state index contributed by atoms with van der Waals surface area (Å²) < 4.78 is 0. The third kappa shape index (κ3) is 5.18. The van der Waals surface area contributed by atoms with Gasteiger partial charge in [-0.15, -0.1) is 0 Å². The van der Waals surface area contributed by atoms with Crippen molar-refractivity contribution in [1.29, 1.82) is 5.26 Å². The highest BCUT2D eigenvalue weighted by Gasteiger charge is 2.19. The van der Waals surface area contributed by atoms with E-state index in [1.54, 1.807) is 0 Å². The van der Waals surface area contributed by atoms with E-state index in [1.165, 1.54) is 25.7 Å². The van der Waals surface area contributed by atoms with Gasteiger partial charge in [-0.2, -0.15) is 5.26 Å². The molecule has 0 aromatic carbocycles. The molecular formula is C13H24N2. The molecule has 1 saturated carbocycles. The summed E-state index contributed by atoms with van der Waals surface area (Å²) in [5.74, 6) is 1.000. The molecule has 1 N–H and O–H groups in total. The number of rotatable bonds is 7. The first-order valence-electron chi connectivity index (χ1n) is 6.22. The van der Waals surface area contributed by atoms with E-state index in [2.05, 4.69) is 25.2 Å². The first-order valence-corrected chi connectivity index (χ1v) is 6.22. The summed E-state index contributed by atoms with van der Waals surface area (Å²) in [6.45, 7) is 6.67. The van der Waals surface area contributed by atoms with Crippen LogP contribution in [0.3, 0.4) is 0 Å². The minimum Gasteiger partial charge on any atom is -0.316 e. The summed E-state index contributed by atoms with van der Waals surface area (Å²) in [6.07, 6.45) is 7.35. The normalized spacial score (nSPS) is 17.1. The maximum absolute atomic E-state index is 8.54. The summed E-state index contributed by atoms with van der Waals surface area (Å²) in [5.41, 5.74) is 0.273. The van der Waals surface area contributed by atoms with Crippen molar-refractivity contribution in [3.05, 3.63) is 0 Å². The molecule has 0 bridgehead atoms. The molecular weight excluding hydrogens is 184 g/mol. The van der Waals surface area contributed by atoms with E-state index >= 15 is 0 Å². The zero-order chi connectivity index (χ0) is 11.1. The minimum absolute atomic E-state index is 0.273. The topological polar surface area (TPSA) is 35.8 Å². The van der Waals surface area contributed by atoms with Crippen molar-refractivity contribution in [3.63, 3.8) is 0 Å². The molecule has 0 saturated heterocycles. The Morgan fingerprint density at radius 2 is 2.13 bits per heavy atom. The number of nitrogens with zero attached hydrogens (tertiary/aromatic N) is 1. The zero-order valence-corrected chi connectivity index (χ0v) is 10.2. The third-order valence-corrected chi connectivity index (χ3v) is 3.47. The summed E-state index contributed by atoms with van der Waals surface area (Å²) in [4.78, 5) is 0. The molecule has 0 radical (unpaired) electrons. The molecule has 0 aliphatic heterocycles. The van der Waals surface area contributed by atoms with E-state index in [0.29, 0.717) is 6.42 Å². The van der Waals surface area contributed by atoms with Gasteiger partial charge in [0.05, 0.1) is 6.07 Å².